The van der Waals surface area contributed by atoms with Gasteiger partial charge in [0.25, 0.3) is 0 Å². The lowest BCUT2D eigenvalue weighted by atomic mass is 9.99. The molecule has 2 amide bonds. The van der Waals surface area contributed by atoms with Crippen molar-refractivity contribution in [1.82, 2.24) is 9.80 Å². The number of hydrogen-bond acceptors (Lipinski definition) is 5. The maximum Gasteiger partial charge on any atom is 0.411 e. The molecule has 0 radical (unpaired) electrons. The van der Waals surface area contributed by atoms with Gasteiger partial charge in [0.1, 0.15) is 17.2 Å². The molecule has 0 aromatic heterocycles. The molecule has 1 fully saturated rings. The number of aliphatic carboxylic acids is 1. The Morgan fingerprint density at radius 1 is 1.21 bits per heavy atom. The van der Waals surface area contributed by atoms with E-state index in [4.69, 9.17) is 21.1 Å². The van der Waals surface area contributed by atoms with Crippen LogP contribution < -0.4 is 0 Å². The minimum absolute atomic E-state index is 0.0190. The van der Waals surface area contributed by atoms with Crippen LogP contribution in [-0.2, 0) is 27.4 Å². The maximum absolute atomic E-state index is 12.6. The Labute approximate surface area is 174 Å². The van der Waals surface area contributed by atoms with Crippen LogP contribution in [-0.4, -0.2) is 56.9 Å². The Kier molecular flexibility index (Phi) is 5.42. The highest BCUT2D eigenvalue weighted by atomic mass is 35.5. The molecule has 0 aliphatic carbocycles. The van der Waals surface area contributed by atoms with E-state index in [-0.39, 0.29) is 13.0 Å². The third-order valence-corrected chi connectivity index (χ3v) is 5.49. The molecule has 1 aromatic rings. The molecule has 1 saturated heterocycles. The molecule has 3 rings (SSSR count). The largest absolute Gasteiger partial charge is 0.480 e. The Bertz CT molecular complexity index is 852. The molecular weight excluding hydrogens is 400 g/mol. The molecule has 2 atom stereocenters. The van der Waals surface area contributed by atoms with Gasteiger partial charge in [-0.25, -0.2) is 14.4 Å². The van der Waals surface area contributed by atoms with Crippen LogP contribution in [0.3, 0.4) is 0 Å². The fraction of sp³-hybridized carbons (Fsp3) is 0.550. The van der Waals surface area contributed by atoms with Gasteiger partial charge in [-0.05, 0) is 44.9 Å². The van der Waals surface area contributed by atoms with Crippen LogP contribution in [0.4, 0.5) is 9.59 Å². The summed E-state index contributed by atoms with van der Waals surface area (Å²) in [6, 6.07) is 5.49. The first-order valence-electron chi connectivity index (χ1n) is 9.36. The Morgan fingerprint density at radius 2 is 1.90 bits per heavy atom. The fourth-order valence-electron chi connectivity index (χ4n) is 3.63. The quantitative estimate of drug-likeness (QED) is 0.778. The highest BCUT2D eigenvalue weighted by molar-refractivity contribution is 6.31. The molecule has 158 valence electrons. The van der Waals surface area contributed by atoms with Crippen LogP contribution in [0.1, 0.15) is 45.2 Å². The van der Waals surface area contributed by atoms with E-state index in [1.54, 1.807) is 26.8 Å². The number of halogens is 1. The SMILES string of the molecule is CC(C)(C)OC(=O)N1C[C@@H](OC(=O)N2Cc3cccc(Cl)c3C2)C[C@]1(C)C(=O)O. The van der Waals surface area contributed by atoms with Crippen LogP contribution >= 0.6 is 11.6 Å². The van der Waals surface area contributed by atoms with Gasteiger partial charge in [0.05, 0.1) is 13.1 Å². The van der Waals surface area contributed by atoms with E-state index in [1.165, 1.54) is 11.8 Å². The predicted octanol–water partition coefficient (Wildman–Crippen LogP) is 3.64. The van der Waals surface area contributed by atoms with E-state index < -0.39 is 35.4 Å². The fourth-order valence-corrected chi connectivity index (χ4v) is 3.88. The lowest BCUT2D eigenvalue weighted by molar-refractivity contribution is -0.148. The molecule has 0 spiro atoms. The number of nitrogens with zero attached hydrogens (tertiary/aromatic N) is 2. The van der Waals surface area contributed by atoms with E-state index in [2.05, 4.69) is 0 Å². The number of fused-ring (bicyclic) bond motifs is 1. The van der Waals surface area contributed by atoms with Gasteiger partial charge < -0.3 is 14.6 Å². The number of amides is 2. The van der Waals surface area contributed by atoms with Crippen LogP contribution in [0, 0.1) is 0 Å². The smallest absolute Gasteiger partial charge is 0.411 e. The Morgan fingerprint density at radius 3 is 2.48 bits per heavy atom. The van der Waals surface area contributed by atoms with Gasteiger partial charge in [-0.15, -0.1) is 0 Å². The molecular formula is C20H25ClN2O6. The predicted molar refractivity (Wildman–Crippen MR) is 105 cm³/mol. The van der Waals surface area contributed by atoms with Crippen molar-refractivity contribution in [2.24, 2.45) is 0 Å². The van der Waals surface area contributed by atoms with Crippen LogP contribution in [0.25, 0.3) is 0 Å². The van der Waals surface area contributed by atoms with E-state index in [9.17, 15) is 19.5 Å². The summed E-state index contributed by atoms with van der Waals surface area (Å²) in [5.41, 5.74) is -0.467. The average Bonchev–Trinajstić information content (AvgIpc) is 3.16. The van der Waals surface area contributed by atoms with Crippen molar-refractivity contribution in [3.05, 3.63) is 34.3 Å². The van der Waals surface area contributed by atoms with Crippen LogP contribution in [0.2, 0.25) is 5.02 Å². The monoisotopic (exact) mass is 424 g/mol. The Balaban J connectivity index is 1.69. The normalized spacial score (nSPS) is 23.7. The van der Waals surface area contributed by atoms with Gasteiger partial charge in [-0.1, -0.05) is 23.7 Å². The van der Waals surface area contributed by atoms with E-state index in [0.29, 0.717) is 18.1 Å². The molecule has 0 bridgehead atoms. The van der Waals surface area contributed by atoms with Crippen molar-refractivity contribution in [3.63, 3.8) is 0 Å². The molecule has 2 aliphatic rings. The van der Waals surface area contributed by atoms with Gasteiger partial charge in [0.2, 0.25) is 0 Å². The zero-order valence-corrected chi connectivity index (χ0v) is 17.7. The van der Waals surface area contributed by atoms with E-state index >= 15 is 0 Å². The number of carbonyl (C=O) groups is 3. The Hall–Kier alpha value is -2.48. The number of carbonyl (C=O) groups excluding carboxylic acids is 2. The summed E-state index contributed by atoms with van der Waals surface area (Å²) in [5, 5.41) is 10.3. The molecule has 0 saturated carbocycles. The van der Waals surface area contributed by atoms with Crippen molar-refractivity contribution in [1.29, 1.82) is 0 Å². The standard InChI is InChI=1S/C20H25ClN2O6/c1-19(2,3)29-18(27)23-10-13(8-20(23,4)16(24)25)28-17(26)22-9-12-6-5-7-15(21)14(12)11-22/h5-7,13H,8-11H2,1-4H3,(H,24,25)/t13-,20+/m0/s1. The van der Waals surface area contributed by atoms with Crippen molar-refractivity contribution >= 4 is 29.8 Å². The first-order valence-corrected chi connectivity index (χ1v) is 9.74. The summed E-state index contributed by atoms with van der Waals surface area (Å²) in [6.45, 7) is 7.18. The number of carboxylic acid groups (broad SMARTS) is 1. The summed E-state index contributed by atoms with van der Waals surface area (Å²) in [4.78, 5) is 39.7. The number of benzene rings is 1. The molecule has 2 aliphatic heterocycles. The van der Waals surface area contributed by atoms with E-state index in [1.807, 2.05) is 12.1 Å². The third-order valence-electron chi connectivity index (χ3n) is 5.13. The molecule has 9 heteroatoms. The lowest BCUT2D eigenvalue weighted by Gasteiger charge is -2.32. The molecule has 2 heterocycles. The summed E-state index contributed by atoms with van der Waals surface area (Å²) in [7, 11) is 0. The third kappa shape index (κ3) is 4.27. The lowest BCUT2D eigenvalue weighted by Crippen LogP contribution is -2.52. The zero-order valence-electron chi connectivity index (χ0n) is 16.9. The minimum Gasteiger partial charge on any atom is -0.480 e. The summed E-state index contributed by atoms with van der Waals surface area (Å²) >= 11 is 6.19. The molecule has 0 unspecified atom stereocenters. The molecule has 1 aromatic carbocycles. The second-order valence-corrected chi connectivity index (χ2v) is 9.02. The number of carboxylic acids is 1. The van der Waals surface area contributed by atoms with Crippen LogP contribution in [0.5, 0.6) is 0 Å². The highest BCUT2D eigenvalue weighted by Gasteiger charge is 2.53. The second-order valence-electron chi connectivity index (χ2n) is 8.61. The number of ether oxygens (including phenoxy) is 2. The summed E-state index contributed by atoms with van der Waals surface area (Å²) in [6.07, 6.45) is -2.09. The van der Waals surface area contributed by atoms with Crippen molar-refractivity contribution in [2.75, 3.05) is 6.54 Å². The minimum atomic E-state index is -1.52. The van der Waals surface area contributed by atoms with Crippen molar-refractivity contribution in [2.45, 2.75) is 64.4 Å². The average molecular weight is 425 g/mol. The van der Waals surface area contributed by atoms with Gasteiger partial charge in [-0.2, -0.15) is 0 Å². The van der Waals surface area contributed by atoms with Gasteiger partial charge in [-0.3, -0.25) is 9.80 Å². The van der Waals surface area contributed by atoms with E-state index in [0.717, 1.165) is 16.0 Å². The first-order chi connectivity index (χ1) is 13.4. The zero-order chi connectivity index (χ0) is 21.6. The van der Waals surface area contributed by atoms with Crippen molar-refractivity contribution < 1.29 is 29.0 Å². The first kappa shape index (κ1) is 21.2. The molecule has 8 nitrogen and oxygen atoms in total. The highest BCUT2D eigenvalue weighted by Crippen LogP contribution is 2.34. The second kappa shape index (κ2) is 7.40. The van der Waals surface area contributed by atoms with Crippen LogP contribution in [0.15, 0.2) is 18.2 Å². The maximum atomic E-state index is 12.6. The number of rotatable bonds is 2. The molecule has 1 N–H and O–H groups in total. The summed E-state index contributed by atoms with van der Waals surface area (Å²) < 4.78 is 10.9. The number of hydrogen-bond donors (Lipinski definition) is 1. The van der Waals surface area contributed by atoms with Crippen molar-refractivity contribution in [3.8, 4) is 0 Å². The van der Waals surface area contributed by atoms with Gasteiger partial charge in [0.15, 0.2) is 0 Å². The number of likely N-dealkylation sites (tertiary alicyclic amines) is 1. The van der Waals surface area contributed by atoms with Gasteiger partial charge >= 0.3 is 18.2 Å². The topological polar surface area (TPSA) is 96.4 Å². The summed E-state index contributed by atoms with van der Waals surface area (Å²) in [5.74, 6) is -1.18. The van der Waals surface area contributed by atoms with Gasteiger partial charge in [0, 0.05) is 18.0 Å². The molecule has 29 heavy (non-hydrogen) atoms.